The fourth-order valence-electron chi connectivity index (χ4n) is 1.96. The van der Waals surface area contributed by atoms with Gasteiger partial charge in [-0.2, -0.15) is 5.10 Å². The Morgan fingerprint density at radius 3 is 2.50 bits per heavy atom. The van der Waals surface area contributed by atoms with Crippen LogP contribution in [0.4, 0.5) is 5.69 Å². The molecule has 0 radical (unpaired) electrons. The molecule has 2 rings (SSSR count). The molecule has 2 amide bonds. The molecule has 0 saturated heterocycles. The number of hydrazone groups is 1. The number of anilines is 1. The first kappa shape index (κ1) is 17.7. The highest BCUT2D eigenvalue weighted by Gasteiger charge is 2.05. The van der Waals surface area contributed by atoms with Crippen LogP contribution in [0.2, 0.25) is 5.02 Å². The summed E-state index contributed by atoms with van der Waals surface area (Å²) in [5, 5.41) is 7.22. The van der Waals surface area contributed by atoms with Crippen molar-refractivity contribution in [3.8, 4) is 0 Å². The van der Waals surface area contributed by atoms with Crippen LogP contribution in [0.25, 0.3) is 0 Å². The van der Waals surface area contributed by atoms with Gasteiger partial charge in [-0.1, -0.05) is 36.7 Å². The average Bonchev–Trinajstić information content (AvgIpc) is 2.57. The zero-order valence-electron chi connectivity index (χ0n) is 13.3. The Balaban J connectivity index is 1.93. The number of halogens is 1. The Morgan fingerprint density at radius 2 is 1.83 bits per heavy atom. The summed E-state index contributed by atoms with van der Waals surface area (Å²) in [6.45, 7) is 1.94. The van der Waals surface area contributed by atoms with E-state index in [1.165, 1.54) is 6.21 Å². The number of hydrogen-bond acceptors (Lipinski definition) is 3. The number of nitrogens with one attached hydrogen (secondary N) is 2. The molecule has 0 spiro atoms. The quantitative estimate of drug-likeness (QED) is 0.618. The SMILES string of the molecule is CCCC(=O)Nc1ccc(C(=O)NN=Cc2ccccc2Cl)cc1. The van der Waals surface area contributed by atoms with Crippen molar-refractivity contribution in [1.82, 2.24) is 5.43 Å². The molecule has 0 saturated carbocycles. The molecule has 0 aliphatic carbocycles. The topological polar surface area (TPSA) is 70.6 Å². The molecule has 0 unspecified atom stereocenters. The molecule has 5 nitrogen and oxygen atoms in total. The molecule has 24 heavy (non-hydrogen) atoms. The van der Waals surface area contributed by atoms with Gasteiger partial charge in [0.25, 0.3) is 5.91 Å². The highest BCUT2D eigenvalue weighted by atomic mass is 35.5. The van der Waals surface area contributed by atoms with E-state index in [4.69, 9.17) is 11.6 Å². The van der Waals surface area contributed by atoms with Crippen LogP contribution in [0.5, 0.6) is 0 Å². The second-order valence-corrected chi connectivity index (χ2v) is 5.50. The van der Waals surface area contributed by atoms with Crippen LogP contribution < -0.4 is 10.7 Å². The van der Waals surface area contributed by atoms with Crippen molar-refractivity contribution in [3.63, 3.8) is 0 Å². The molecule has 2 aromatic rings. The van der Waals surface area contributed by atoms with E-state index in [0.29, 0.717) is 28.3 Å². The Kier molecular flexibility index (Phi) is 6.51. The third-order valence-electron chi connectivity index (χ3n) is 3.18. The van der Waals surface area contributed by atoms with Gasteiger partial charge in [0.05, 0.1) is 6.21 Å². The fraction of sp³-hybridized carbons (Fsp3) is 0.167. The molecule has 0 atom stereocenters. The second-order valence-electron chi connectivity index (χ2n) is 5.10. The Labute approximate surface area is 145 Å². The van der Waals surface area contributed by atoms with Gasteiger partial charge in [-0.25, -0.2) is 5.43 Å². The predicted octanol–water partition coefficient (Wildman–Crippen LogP) is 3.84. The summed E-state index contributed by atoms with van der Waals surface area (Å²) >= 11 is 6.00. The first-order chi connectivity index (χ1) is 11.6. The lowest BCUT2D eigenvalue weighted by Gasteiger charge is -2.05. The Hall–Kier alpha value is -2.66. The van der Waals surface area contributed by atoms with Crippen LogP contribution in [-0.2, 0) is 4.79 Å². The maximum Gasteiger partial charge on any atom is 0.271 e. The Bertz CT molecular complexity index is 742. The van der Waals surface area contributed by atoms with E-state index >= 15 is 0 Å². The maximum atomic E-state index is 12.0. The monoisotopic (exact) mass is 343 g/mol. The molecule has 124 valence electrons. The van der Waals surface area contributed by atoms with Crippen LogP contribution in [0, 0.1) is 0 Å². The zero-order valence-corrected chi connectivity index (χ0v) is 14.0. The molecule has 0 bridgehead atoms. The fourth-order valence-corrected chi connectivity index (χ4v) is 2.14. The molecule has 6 heteroatoms. The van der Waals surface area contributed by atoms with Gasteiger partial charge in [0.2, 0.25) is 5.91 Å². The van der Waals surface area contributed by atoms with E-state index in [2.05, 4.69) is 15.8 Å². The predicted molar refractivity (Wildman–Crippen MR) is 96.5 cm³/mol. The molecular formula is C18H18ClN3O2. The largest absolute Gasteiger partial charge is 0.326 e. The summed E-state index contributed by atoms with van der Waals surface area (Å²) in [7, 11) is 0. The van der Waals surface area contributed by atoms with E-state index in [1.54, 1.807) is 36.4 Å². The zero-order chi connectivity index (χ0) is 17.4. The van der Waals surface area contributed by atoms with Gasteiger partial charge in [0, 0.05) is 28.3 Å². The van der Waals surface area contributed by atoms with Crippen molar-refractivity contribution < 1.29 is 9.59 Å². The molecule has 0 fully saturated rings. The van der Waals surface area contributed by atoms with E-state index in [-0.39, 0.29) is 11.8 Å². The third kappa shape index (κ3) is 5.21. The van der Waals surface area contributed by atoms with Crippen LogP contribution in [0.15, 0.2) is 53.6 Å². The van der Waals surface area contributed by atoms with Crippen molar-refractivity contribution in [3.05, 3.63) is 64.7 Å². The average molecular weight is 344 g/mol. The smallest absolute Gasteiger partial charge is 0.271 e. The van der Waals surface area contributed by atoms with E-state index in [1.807, 2.05) is 19.1 Å². The van der Waals surface area contributed by atoms with Gasteiger partial charge in [-0.3, -0.25) is 9.59 Å². The summed E-state index contributed by atoms with van der Waals surface area (Å²) in [4.78, 5) is 23.5. The van der Waals surface area contributed by atoms with Crippen molar-refractivity contribution in [1.29, 1.82) is 0 Å². The van der Waals surface area contributed by atoms with Crippen molar-refractivity contribution in [2.75, 3.05) is 5.32 Å². The number of hydrogen-bond donors (Lipinski definition) is 2. The molecular weight excluding hydrogens is 326 g/mol. The highest BCUT2D eigenvalue weighted by molar-refractivity contribution is 6.33. The van der Waals surface area contributed by atoms with Crippen molar-refractivity contribution in [2.45, 2.75) is 19.8 Å². The number of nitrogens with zero attached hydrogens (tertiary/aromatic N) is 1. The summed E-state index contributed by atoms with van der Waals surface area (Å²) in [5.41, 5.74) is 4.26. The molecule has 0 aliphatic rings. The van der Waals surface area contributed by atoms with Crippen LogP contribution in [0.3, 0.4) is 0 Å². The van der Waals surface area contributed by atoms with Crippen molar-refractivity contribution in [2.24, 2.45) is 5.10 Å². The summed E-state index contributed by atoms with van der Waals surface area (Å²) < 4.78 is 0. The first-order valence-corrected chi connectivity index (χ1v) is 7.96. The van der Waals surface area contributed by atoms with Gasteiger partial charge in [-0.05, 0) is 36.8 Å². The summed E-state index contributed by atoms with van der Waals surface area (Å²) in [6, 6.07) is 13.8. The number of rotatable bonds is 6. The van der Waals surface area contributed by atoms with Crippen molar-refractivity contribution >= 4 is 35.3 Å². The number of amides is 2. The minimum absolute atomic E-state index is 0.0426. The normalized spacial score (nSPS) is 10.6. The van der Waals surface area contributed by atoms with E-state index in [9.17, 15) is 9.59 Å². The molecule has 0 aromatic heterocycles. The van der Waals surface area contributed by atoms with Crippen LogP contribution in [0.1, 0.15) is 35.7 Å². The minimum atomic E-state index is -0.343. The maximum absolute atomic E-state index is 12.0. The van der Waals surface area contributed by atoms with Gasteiger partial charge >= 0.3 is 0 Å². The standard InChI is InChI=1S/C18H18ClN3O2/c1-2-5-17(23)21-15-10-8-13(9-11-15)18(24)22-20-12-14-6-3-4-7-16(14)19/h3-4,6-12H,2,5H2,1H3,(H,21,23)(H,22,24). The van der Waals surface area contributed by atoms with Crippen LogP contribution in [-0.4, -0.2) is 18.0 Å². The lowest BCUT2D eigenvalue weighted by molar-refractivity contribution is -0.116. The minimum Gasteiger partial charge on any atom is -0.326 e. The molecule has 2 aromatic carbocycles. The number of carbonyl (C=O) groups is 2. The first-order valence-electron chi connectivity index (χ1n) is 7.58. The molecule has 0 aliphatic heterocycles. The van der Waals surface area contributed by atoms with Gasteiger partial charge in [-0.15, -0.1) is 0 Å². The van der Waals surface area contributed by atoms with Gasteiger partial charge in [0.1, 0.15) is 0 Å². The molecule has 0 heterocycles. The third-order valence-corrected chi connectivity index (χ3v) is 3.53. The highest BCUT2D eigenvalue weighted by Crippen LogP contribution is 2.12. The second kappa shape index (κ2) is 8.84. The van der Waals surface area contributed by atoms with Crippen LogP contribution >= 0.6 is 11.6 Å². The summed E-state index contributed by atoms with van der Waals surface area (Å²) in [6.07, 6.45) is 2.74. The number of carbonyl (C=O) groups excluding carboxylic acids is 2. The lowest BCUT2D eigenvalue weighted by Crippen LogP contribution is -2.17. The Morgan fingerprint density at radius 1 is 1.12 bits per heavy atom. The van der Waals surface area contributed by atoms with E-state index < -0.39 is 0 Å². The summed E-state index contributed by atoms with van der Waals surface area (Å²) in [5.74, 6) is -0.385. The number of benzene rings is 2. The lowest BCUT2D eigenvalue weighted by atomic mass is 10.2. The molecule has 2 N–H and O–H groups in total. The van der Waals surface area contributed by atoms with Gasteiger partial charge < -0.3 is 5.32 Å². The van der Waals surface area contributed by atoms with E-state index in [0.717, 1.165) is 6.42 Å². The van der Waals surface area contributed by atoms with Gasteiger partial charge in [0.15, 0.2) is 0 Å².